The van der Waals surface area contributed by atoms with E-state index in [1.54, 1.807) is 4.90 Å². The Kier molecular flexibility index (Phi) is 6.00. The van der Waals surface area contributed by atoms with Gasteiger partial charge >= 0.3 is 13.1 Å². The van der Waals surface area contributed by atoms with Gasteiger partial charge in [-0.15, -0.1) is 0 Å². The molecular formula is C12H25BN4O4. The first-order valence-electron chi connectivity index (χ1n) is 7.13. The van der Waals surface area contributed by atoms with E-state index in [1.807, 2.05) is 13.8 Å². The number of nitrogens with zero attached hydrogens (tertiary/aromatic N) is 2. The summed E-state index contributed by atoms with van der Waals surface area (Å²) in [6.45, 7) is 4.29. The average Bonchev–Trinajstić information content (AvgIpc) is 2.67. The molecule has 0 amide bonds. The molecule has 21 heavy (non-hydrogen) atoms. The zero-order valence-electron chi connectivity index (χ0n) is 12.6. The van der Waals surface area contributed by atoms with Crippen LogP contribution in [0.15, 0.2) is 4.99 Å². The molecule has 0 aromatic heterocycles. The highest BCUT2D eigenvalue weighted by atomic mass is 16.4. The molecule has 9 heteroatoms. The molecule has 1 aliphatic rings. The Morgan fingerprint density at radius 1 is 1.52 bits per heavy atom. The molecule has 1 rings (SSSR count). The number of carbonyl (C=O) groups is 1. The first kappa shape index (κ1) is 17.7. The Hall–Kier alpha value is -1.32. The molecule has 0 aromatic rings. The van der Waals surface area contributed by atoms with Gasteiger partial charge in [-0.05, 0) is 26.6 Å². The summed E-state index contributed by atoms with van der Waals surface area (Å²) in [5.41, 5.74) is 10.5. The highest BCUT2D eigenvalue weighted by molar-refractivity contribution is 6.40. The van der Waals surface area contributed by atoms with Gasteiger partial charge in [0.1, 0.15) is 5.54 Å². The first-order valence-corrected chi connectivity index (χ1v) is 7.13. The standard InChI is InChI=1S/C12H25BN4O4/c1-8(2)16-11(14)17-6-9(4-3-5-13(20)21)12(15,7-17)10(18)19/h8-9,20-21H,3-7,15H2,1-2H3,(H2,14,16)(H,18,19). The number of aliphatic carboxylic acids is 1. The minimum atomic E-state index is -1.39. The lowest BCUT2D eigenvalue weighted by Gasteiger charge is -2.25. The Labute approximate surface area is 125 Å². The van der Waals surface area contributed by atoms with E-state index in [0.29, 0.717) is 25.3 Å². The quantitative estimate of drug-likeness (QED) is 0.232. The van der Waals surface area contributed by atoms with E-state index in [9.17, 15) is 9.90 Å². The number of rotatable bonds is 6. The number of nitrogens with two attached hydrogens (primary N) is 2. The van der Waals surface area contributed by atoms with Crippen LogP contribution in [0.4, 0.5) is 0 Å². The van der Waals surface area contributed by atoms with E-state index < -0.39 is 18.6 Å². The molecule has 1 aliphatic heterocycles. The second-order valence-corrected chi connectivity index (χ2v) is 5.92. The van der Waals surface area contributed by atoms with Crippen LogP contribution >= 0.6 is 0 Å². The van der Waals surface area contributed by atoms with E-state index in [2.05, 4.69) is 4.99 Å². The number of aliphatic imine (C=N–C) groups is 1. The van der Waals surface area contributed by atoms with Gasteiger partial charge in [-0.2, -0.15) is 0 Å². The molecule has 7 N–H and O–H groups in total. The predicted molar refractivity (Wildman–Crippen MR) is 80.6 cm³/mol. The zero-order chi connectivity index (χ0) is 16.2. The Balaban J connectivity index is 2.78. The van der Waals surface area contributed by atoms with Gasteiger partial charge in [0, 0.05) is 25.0 Å². The van der Waals surface area contributed by atoms with Crippen molar-refractivity contribution < 1.29 is 19.9 Å². The maximum absolute atomic E-state index is 11.5. The van der Waals surface area contributed by atoms with Gasteiger partial charge in [0.05, 0.1) is 0 Å². The smallest absolute Gasteiger partial charge is 0.451 e. The predicted octanol–water partition coefficient (Wildman–Crippen LogP) is -1.32. The topological polar surface area (TPSA) is 145 Å². The minimum Gasteiger partial charge on any atom is -0.480 e. The summed E-state index contributed by atoms with van der Waals surface area (Å²) >= 11 is 0. The summed E-state index contributed by atoms with van der Waals surface area (Å²) in [6, 6.07) is 0.0191. The Morgan fingerprint density at radius 2 is 2.14 bits per heavy atom. The van der Waals surface area contributed by atoms with Gasteiger partial charge in [-0.3, -0.25) is 9.79 Å². The molecule has 1 fully saturated rings. The van der Waals surface area contributed by atoms with E-state index in [0.717, 1.165) is 0 Å². The Bertz CT molecular complexity index is 405. The van der Waals surface area contributed by atoms with Crippen molar-refractivity contribution in [3.05, 3.63) is 0 Å². The number of guanidine groups is 1. The van der Waals surface area contributed by atoms with Gasteiger partial charge in [-0.1, -0.05) is 6.42 Å². The maximum Gasteiger partial charge on any atom is 0.451 e. The fraction of sp³-hybridized carbons (Fsp3) is 0.833. The van der Waals surface area contributed by atoms with Crippen molar-refractivity contribution in [1.29, 1.82) is 0 Å². The van der Waals surface area contributed by atoms with Crippen molar-refractivity contribution in [1.82, 2.24) is 4.90 Å². The molecule has 8 nitrogen and oxygen atoms in total. The van der Waals surface area contributed by atoms with Crippen LogP contribution in [0.1, 0.15) is 26.7 Å². The zero-order valence-corrected chi connectivity index (χ0v) is 12.6. The van der Waals surface area contributed by atoms with Crippen molar-refractivity contribution in [3.8, 4) is 0 Å². The summed E-state index contributed by atoms with van der Waals surface area (Å²) < 4.78 is 0. The number of hydrogen-bond acceptors (Lipinski definition) is 5. The largest absolute Gasteiger partial charge is 0.480 e. The fourth-order valence-electron chi connectivity index (χ4n) is 2.60. The highest BCUT2D eigenvalue weighted by Gasteiger charge is 2.49. The third-order valence-electron chi connectivity index (χ3n) is 3.75. The summed E-state index contributed by atoms with van der Waals surface area (Å²) in [6.07, 6.45) is 1.18. The number of hydrogen-bond donors (Lipinski definition) is 5. The number of carboxylic acid groups (broad SMARTS) is 1. The van der Waals surface area contributed by atoms with Crippen molar-refractivity contribution in [2.75, 3.05) is 13.1 Å². The second kappa shape index (κ2) is 7.10. The highest BCUT2D eigenvalue weighted by Crippen LogP contribution is 2.30. The minimum absolute atomic E-state index is 0.0191. The molecule has 1 saturated heterocycles. The van der Waals surface area contributed by atoms with Crippen LogP contribution < -0.4 is 11.5 Å². The first-order chi connectivity index (χ1) is 9.66. The fourth-order valence-corrected chi connectivity index (χ4v) is 2.60. The summed E-state index contributed by atoms with van der Waals surface area (Å²) in [5, 5.41) is 27.1. The lowest BCUT2D eigenvalue weighted by molar-refractivity contribution is -0.144. The van der Waals surface area contributed by atoms with Gasteiger partial charge in [0.2, 0.25) is 0 Å². The summed E-state index contributed by atoms with van der Waals surface area (Å²) in [4.78, 5) is 17.4. The second-order valence-electron chi connectivity index (χ2n) is 5.92. The molecule has 120 valence electrons. The molecule has 0 spiro atoms. The lowest BCUT2D eigenvalue weighted by atomic mass is 9.78. The van der Waals surface area contributed by atoms with Crippen LogP contribution in [-0.4, -0.2) is 63.8 Å². The Morgan fingerprint density at radius 3 is 2.62 bits per heavy atom. The van der Waals surface area contributed by atoms with Crippen LogP contribution in [0, 0.1) is 5.92 Å². The van der Waals surface area contributed by atoms with Crippen molar-refractivity contribution in [2.45, 2.75) is 44.6 Å². The molecule has 0 aliphatic carbocycles. The molecule has 2 atom stereocenters. The third kappa shape index (κ3) is 4.58. The molecule has 2 unspecified atom stereocenters. The normalized spacial score (nSPS) is 26.5. The van der Waals surface area contributed by atoms with Crippen LogP contribution in [0.3, 0.4) is 0 Å². The lowest BCUT2D eigenvalue weighted by Crippen LogP contribution is -2.55. The number of likely N-dealkylation sites (tertiary alicyclic amines) is 1. The SMILES string of the molecule is CC(C)N=C(N)N1CC(CCCB(O)O)C(N)(C(=O)O)C1. The van der Waals surface area contributed by atoms with Crippen LogP contribution in [-0.2, 0) is 4.79 Å². The monoisotopic (exact) mass is 300 g/mol. The molecule has 0 bridgehead atoms. The van der Waals surface area contributed by atoms with Gasteiger partial charge in [0.25, 0.3) is 0 Å². The summed E-state index contributed by atoms with van der Waals surface area (Å²) in [7, 11) is -1.38. The number of carboxylic acids is 1. The third-order valence-corrected chi connectivity index (χ3v) is 3.75. The average molecular weight is 300 g/mol. The van der Waals surface area contributed by atoms with E-state index in [4.69, 9.17) is 21.5 Å². The molecule has 0 aromatic carbocycles. The molecule has 0 radical (unpaired) electrons. The summed E-state index contributed by atoms with van der Waals surface area (Å²) in [5.74, 6) is -1.09. The van der Waals surface area contributed by atoms with Crippen LogP contribution in [0.25, 0.3) is 0 Å². The van der Waals surface area contributed by atoms with Crippen molar-refractivity contribution in [3.63, 3.8) is 0 Å². The van der Waals surface area contributed by atoms with E-state index in [-0.39, 0.29) is 24.8 Å². The molecule has 1 heterocycles. The van der Waals surface area contributed by atoms with Gasteiger partial charge < -0.3 is 31.5 Å². The molecular weight excluding hydrogens is 275 g/mol. The van der Waals surface area contributed by atoms with E-state index in [1.165, 1.54) is 0 Å². The van der Waals surface area contributed by atoms with Crippen molar-refractivity contribution in [2.24, 2.45) is 22.4 Å². The van der Waals surface area contributed by atoms with Crippen LogP contribution in [0.5, 0.6) is 0 Å². The van der Waals surface area contributed by atoms with Gasteiger partial charge in [-0.25, -0.2) is 0 Å². The van der Waals surface area contributed by atoms with E-state index >= 15 is 0 Å². The molecule has 0 saturated carbocycles. The maximum atomic E-state index is 11.5. The van der Waals surface area contributed by atoms with Gasteiger partial charge in [0.15, 0.2) is 5.96 Å². The van der Waals surface area contributed by atoms with Crippen molar-refractivity contribution >= 4 is 19.0 Å². The van der Waals surface area contributed by atoms with Crippen LogP contribution in [0.2, 0.25) is 6.32 Å².